The zero-order valence-electron chi connectivity index (χ0n) is 11.7. The summed E-state index contributed by atoms with van der Waals surface area (Å²) < 4.78 is 0. The van der Waals surface area contributed by atoms with Crippen LogP contribution >= 0.6 is 11.6 Å². The predicted molar refractivity (Wildman–Crippen MR) is 77.9 cm³/mol. The molecule has 0 saturated carbocycles. The number of halogens is 1. The zero-order valence-corrected chi connectivity index (χ0v) is 12.5. The van der Waals surface area contributed by atoms with Crippen molar-refractivity contribution in [2.75, 3.05) is 43.9 Å². The minimum Gasteiger partial charge on any atom is -0.354 e. The van der Waals surface area contributed by atoms with E-state index in [4.69, 9.17) is 11.6 Å². The van der Waals surface area contributed by atoms with Crippen LogP contribution < -0.4 is 10.2 Å². The Hall–Kier alpha value is -1.14. The van der Waals surface area contributed by atoms with E-state index in [0.717, 1.165) is 32.5 Å². The van der Waals surface area contributed by atoms with Gasteiger partial charge in [0.15, 0.2) is 0 Å². The lowest BCUT2D eigenvalue weighted by Crippen LogP contribution is -2.42. The van der Waals surface area contributed by atoms with Crippen molar-refractivity contribution in [3.05, 3.63) is 5.28 Å². The first kappa shape index (κ1) is 14.3. The van der Waals surface area contributed by atoms with E-state index in [9.17, 15) is 0 Å². The van der Waals surface area contributed by atoms with Crippen molar-refractivity contribution in [3.63, 3.8) is 0 Å². The van der Waals surface area contributed by atoms with Gasteiger partial charge in [-0.25, -0.2) is 0 Å². The van der Waals surface area contributed by atoms with Crippen molar-refractivity contribution in [2.24, 2.45) is 0 Å². The van der Waals surface area contributed by atoms with Crippen molar-refractivity contribution in [2.45, 2.75) is 25.8 Å². The van der Waals surface area contributed by atoms with E-state index in [1.54, 1.807) is 0 Å². The molecule has 1 N–H and O–H groups in total. The molecule has 0 aromatic carbocycles. The Kier molecular flexibility index (Phi) is 4.76. The molecule has 106 valence electrons. The molecule has 7 heteroatoms. The highest BCUT2D eigenvalue weighted by Gasteiger charge is 2.22. The van der Waals surface area contributed by atoms with Gasteiger partial charge >= 0.3 is 0 Å². The predicted octanol–water partition coefficient (Wildman–Crippen LogP) is 1.49. The summed E-state index contributed by atoms with van der Waals surface area (Å²) in [4.78, 5) is 17.1. The van der Waals surface area contributed by atoms with Gasteiger partial charge in [-0.1, -0.05) is 0 Å². The fourth-order valence-corrected chi connectivity index (χ4v) is 2.46. The van der Waals surface area contributed by atoms with Crippen molar-refractivity contribution in [3.8, 4) is 0 Å². The quantitative estimate of drug-likeness (QED) is 0.904. The van der Waals surface area contributed by atoms with Gasteiger partial charge in [0.2, 0.25) is 17.2 Å². The molecule has 0 spiro atoms. The van der Waals surface area contributed by atoms with E-state index in [1.165, 1.54) is 0 Å². The fourth-order valence-electron chi connectivity index (χ4n) is 2.30. The van der Waals surface area contributed by atoms with Crippen molar-refractivity contribution in [1.29, 1.82) is 0 Å². The summed E-state index contributed by atoms with van der Waals surface area (Å²) >= 11 is 5.95. The first-order valence-corrected chi connectivity index (χ1v) is 7.04. The van der Waals surface area contributed by atoms with Crippen LogP contribution in [0.5, 0.6) is 0 Å². The van der Waals surface area contributed by atoms with E-state index in [2.05, 4.69) is 44.2 Å². The van der Waals surface area contributed by atoms with Crippen LogP contribution in [0.3, 0.4) is 0 Å². The summed E-state index contributed by atoms with van der Waals surface area (Å²) in [5.74, 6) is 1.22. The minimum atomic E-state index is 0.246. The fraction of sp³-hybridized carbons (Fsp3) is 0.750. The van der Waals surface area contributed by atoms with Gasteiger partial charge in [-0.3, -0.25) is 0 Å². The number of hydrogen-bond acceptors (Lipinski definition) is 6. The molecule has 19 heavy (non-hydrogen) atoms. The highest BCUT2D eigenvalue weighted by Crippen LogP contribution is 2.20. The smallest absolute Gasteiger partial charge is 0.231 e. The SMILES string of the molecule is CCNc1nc(Cl)nc(N2CCC(N(C)C)CC2)n1. The molecule has 0 bridgehead atoms. The van der Waals surface area contributed by atoms with Crippen LogP contribution in [0.25, 0.3) is 0 Å². The van der Waals surface area contributed by atoms with E-state index < -0.39 is 0 Å². The molecule has 0 amide bonds. The summed E-state index contributed by atoms with van der Waals surface area (Å²) in [5.41, 5.74) is 0. The summed E-state index contributed by atoms with van der Waals surface area (Å²) in [7, 11) is 4.26. The molecule has 1 aromatic rings. The standard InChI is InChI=1S/C12H21ClN6/c1-4-14-11-15-10(13)16-12(17-11)19-7-5-9(6-8-19)18(2)3/h9H,4-8H2,1-3H3,(H,14,15,16,17). The molecule has 6 nitrogen and oxygen atoms in total. The summed E-state index contributed by atoms with van der Waals surface area (Å²) in [5, 5.41) is 3.32. The first-order chi connectivity index (χ1) is 9.10. The molecule has 1 aromatic heterocycles. The minimum absolute atomic E-state index is 0.246. The molecule has 1 aliphatic heterocycles. The maximum absolute atomic E-state index is 5.95. The number of aromatic nitrogens is 3. The van der Waals surface area contributed by atoms with E-state index in [1.807, 2.05) is 6.92 Å². The Morgan fingerprint density at radius 1 is 1.26 bits per heavy atom. The molecular formula is C12H21ClN6. The van der Waals surface area contributed by atoms with Gasteiger partial charge in [0.05, 0.1) is 0 Å². The van der Waals surface area contributed by atoms with Crippen molar-refractivity contribution >= 4 is 23.5 Å². The summed E-state index contributed by atoms with van der Waals surface area (Å²) in [6, 6.07) is 0.641. The van der Waals surface area contributed by atoms with E-state index in [-0.39, 0.29) is 5.28 Å². The number of hydrogen-bond donors (Lipinski definition) is 1. The Bertz CT molecular complexity index is 417. The van der Waals surface area contributed by atoms with Crippen molar-refractivity contribution in [1.82, 2.24) is 19.9 Å². The third-order valence-corrected chi connectivity index (χ3v) is 3.58. The highest BCUT2D eigenvalue weighted by molar-refractivity contribution is 6.28. The van der Waals surface area contributed by atoms with Gasteiger partial charge in [-0.15, -0.1) is 0 Å². The largest absolute Gasteiger partial charge is 0.354 e. The second-order valence-corrected chi connectivity index (χ2v) is 5.28. The Morgan fingerprint density at radius 2 is 1.95 bits per heavy atom. The van der Waals surface area contributed by atoms with Crippen LogP contribution in [-0.4, -0.2) is 59.6 Å². The monoisotopic (exact) mass is 284 g/mol. The molecule has 0 radical (unpaired) electrons. The lowest BCUT2D eigenvalue weighted by atomic mass is 10.0. The third kappa shape index (κ3) is 3.67. The van der Waals surface area contributed by atoms with Crippen LogP contribution in [0.1, 0.15) is 19.8 Å². The van der Waals surface area contributed by atoms with Crippen LogP contribution in [-0.2, 0) is 0 Å². The van der Waals surface area contributed by atoms with Crippen molar-refractivity contribution < 1.29 is 0 Å². The molecule has 0 atom stereocenters. The van der Waals surface area contributed by atoms with Crippen LogP contribution in [0.4, 0.5) is 11.9 Å². The van der Waals surface area contributed by atoms with Crippen LogP contribution in [0.2, 0.25) is 5.28 Å². The van der Waals surface area contributed by atoms with Gasteiger partial charge < -0.3 is 15.1 Å². The summed E-state index contributed by atoms with van der Waals surface area (Å²) in [6.07, 6.45) is 2.24. The Morgan fingerprint density at radius 3 is 2.53 bits per heavy atom. The van der Waals surface area contributed by atoms with E-state index in [0.29, 0.717) is 17.9 Å². The molecule has 2 rings (SSSR count). The first-order valence-electron chi connectivity index (χ1n) is 6.67. The Balaban J connectivity index is 2.06. The molecule has 0 aliphatic carbocycles. The molecule has 1 fully saturated rings. The van der Waals surface area contributed by atoms with Gasteiger partial charge in [0.1, 0.15) is 0 Å². The topological polar surface area (TPSA) is 57.2 Å². The van der Waals surface area contributed by atoms with Crippen LogP contribution in [0.15, 0.2) is 0 Å². The maximum atomic E-state index is 5.95. The van der Waals surface area contributed by atoms with Gasteiger partial charge in [0, 0.05) is 25.7 Å². The summed E-state index contributed by atoms with van der Waals surface area (Å²) in [6.45, 7) is 4.67. The molecule has 1 saturated heterocycles. The highest BCUT2D eigenvalue weighted by atomic mass is 35.5. The van der Waals surface area contributed by atoms with Crippen LogP contribution in [0, 0.1) is 0 Å². The average Bonchev–Trinajstić information content (AvgIpc) is 2.38. The molecule has 1 aliphatic rings. The number of nitrogens with one attached hydrogen (secondary N) is 1. The number of anilines is 2. The second-order valence-electron chi connectivity index (χ2n) is 4.94. The number of rotatable bonds is 4. The molecular weight excluding hydrogens is 264 g/mol. The average molecular weight is 285 g/mol. The van der Waals surface area contributed by atoms with Gasteiger partial charge in [0.25, 0.3) is 0 Å². The van der Waals surface area contributed by atoms with Gasteiger partial charge in [-0.05, 0) is 45.5 Å². The second kappa shape index (κ2) is 6.34. The maximum Gasteiger partial charge on any atom is 0.231 e. The number of nitrogens with zero attached hydrogens (tertiary/aromatic N) is 5. The molecule has 0 unspecified atom stereocenters. The Labute approximate surface area is 119 Å². The third-order valence-electron chi connectivity index (χ3n) is 3.41. The normalized spacial score (nSPS) is 17.0. The lowest BCUT2D eigenvalue weighted by Gasteiger charge is -2.35. The lowest BCUT2D eigenvalue weighted by molar-refractivity contribution is 0.249. The van der Waals surface area contributed by atoms with E-state index >= 15 is 0 Å². The zero-order chi connectivity index (χ0) is 13.8. The number of piperidine rings is 1. The van der Waals surface area contributed by atoms with Gasteiger partial charge in [-0.2, -0.15) is 15.0 Å². The molecule has 2 heterocycles.